The molecule has 2 aromatic carbocycles. The Labute approximate surface area is 236 Å². The van der Waals surface area contributed by atoms with E-state index in [2.05, 4.69) is 70.8 Å². The van der Waals surface area contributed by atoms with Gasteiger partial charge in [-0.25, -0.2) is 14.5 Å². The van der Waals surface area contributed by atoms with E-state index in [1.165, 1.54) is 23.1 Å². The fraction of sp³-hybridized carbons (Fsp3) is 0.333. The van der Waals surface area contributed by atoms with Crippen LogP contribution in [0.25, 0.3) is 28.2 Å². The molecule has 0 saturated carbocycles. The summed E-state index contributed by atoms with van der Waals surface area (Å²) in [6.07, 6.45) is 1.68. The molecule has 7 heteroatoms. The largest absolute Gasteiger partial charge is 0.465 e. The van der Waals surface area contributed by atoms with Crippen molar-refractivity contribution in [1.29, 1.82) is 0 Å². The molecule has 0 radical (unpaired) electrons. The van der Waals surface area contributed by atoms with Gasteiger partial charge >= 0.3 is 5.97 Å². The van der Waals surface area contributed by atoms with Crippen LogP contribution in [0.3, 0.4) is 0 Å². The van der Waals surface area contributed by atoms with Gasteiger partial charge in [0.2, 0.25) is 0 Å². The Morgan fingerprint density at radius 3 is 1.88 bits per heavy atom. The lowest BCUT2D eigenvalue weighted by Crippen LogP contribution is -2.22. The van der Waals surface area contributed by atoms with Gasteiger partial charge in [-0.3, -0.25) is 4.79 Å². The Hall–Kier alpha value is -4.26. The summed E-state index contributed by atoms with van der Waals surface area (Å²) in [4.78, 5) is 30.3. The Morgan fingerprint density at radius 2 is 1.40 bits per heavy atom. The predicted molar refractivity (Wildman–Crippen MR) is 159 cm³/mol. The molecule has 0 spiro atoms. The quantitative estimate of drug-likeness (QED) is 0.265. The molecule has 2 heterocycles. The van der Waals surface area contributed by atoms with Crippen molar-refractivity contribution in [3.8, 4) is 28.2 Å². The van der Waals surface area contributed by atoms with E-state index in [0.717, 1.165) is 28.2 Å². The molecule has 0 aliphatic carbocycles. The summed E-state index contributed by atoms with van der Waals surface area (Å²) in [6.45, 7) is 13.3. The van der Waals surface area contributed by atoms with E-state index in [1.54, 1.807) is 38.5 Å². The molecule has 0 atom stereocenters. The first kappa shape index (κ1) is 28.7. The lowest BCUT2D eigenvalue weighted by Gasteiger charge is -2.26. The van der Waals surface area contributed by atoms with E-state index >= 15 is 0 Å². The minimum absolute atomic E-state index is 0.0524. The van der Waals surface area contributed by atoms with Crippen molar-refractivity contribution in [1.82, 2.24) is 19.7 Å². The number of rotatable bonds is 5. The number of nitrogens with zero attached hydrogens (tertiary/aromatic N) is 4. The molecule has 0 saturated heterocycles. The maximum Gasteiger partial charge on any atom is 0.337 e. The standard InChI is InChI=1S/C33H38N4O3/c1-32(2,3)24-16-23(17-25(18-24)33(4,5)6)29-19-28(21-10-12-22(13-11-21)31(39)40-9)35-37(29)26-14-15-27(34-20-26)30(38)36(7)8/h10-20H,1-9H3. The highest BCUT2D eigenvalue weighted by atomic mass is 16.5. The Balaban J connectivity index is 1.92. The Morgan fingerprint density at radius 1 is 0.800 bits per heavy atom. The highest BCUT2D eigenvalue weighted by Gasteiger charge is 2.23. The number of amides is 1. The van der Waals surface area contributed by atoms with Crippen molar-refractivity contribution in [2.45, 2.75) is 52.4 Å². The van der Waals surface area contributed by atoms with Gasteiger partial charge in [0.25, 0.3) is 5.91 Å². The van der Waals surface area contributed by atoms with Crippen LogP contribution in [-0.4, -0.2) is 52.7 Å². The zero-order chi connectivity index (χ0) is 29.4. The zero-order valence-corrected chi connectivity index (χ0v) is 24.9. The van der Waals surface area contributed by atoms with E-state index in [-0.39, 0.29) is 22.7 Å². The second-order valence-corrected chi connectivity index (χ2v) is 12.3. The van der Waals surface area contributed by atoms with Crippen molar-refractivity contribution < 1.29 is 14.3 Å². The topological polar surface area (TPSA) is 77.3 Å². The smallest absolute Gasteiger partial charge is 0.337 e. The van der Waals surface area contributed by atoms with Gasteiger partial charge in [0.15, 0.2) is 0 Å². The van der Waals surface area contributed by atoms with Crippen LogP contribution in [0.4, 0.5) is 0 Å². The van der Waals surface area contributed by atoms with Crippen LogP contribution in [0.1, 0.15) is 73.5 Å². The molecule has 4 aromatic rings. The second kappa shape index (κ2) is 10.7. The number of benzene rings is 2. The number of carbonyl (C=O) groups excluding carboxylic acids is 2. The van der Waals surface area contributed by atoms with Crippen LogP contribution in [0.5, 0.6) is 0 Å². The number of aromatic nitrogens is 3. The van der Waals surface area contributed by atoms with Crippen LogP contribution in [0, 0.1) is 0 Å². The first-order valence-electron chi connectivity index (χ1n) is 13.3. The number of esters is 1. The summed E-state index contributed by atoms with van der Waals surface area (Å²) < 4.78 is 6.72. The highest BCUT2D eigenvalue weighted by molar-refractivity contribution is 5.92. The van der Waals surface area contributed by atoms with Gasteiger partial charge in [-0.05, 0) is 64.4 Å². The van der Waals surface area contributed by atoms with Crippen molar-refractivity contribution >= 4 is 11.9 Å². The number of pyridine rings is 1. The molecule has 7 nitrogen and oxygen atoms in total. The average molecular weight is 539 g/mol. The molecule has 0 aliphatic rings. The van der Waals surface area contributed by atoms with Crippen molar-refractivity contribution in [3.05, 3.63) is 89.2 Å². The summed E-state index contributed by atoms with van der Waals surface area (Å²) in [5.41, 5.74) is 7.49. The number of hydrogen-bond donors (Lipinski definition) is 0. The van der Waals surface area contributed by atoms with Gasteiger partial charge in [-0.15, -0.1) is 0 Å². The molecule has 0 bridgehead atoms. The molecule has 0 unspecified atom stereocenters. The molecular formula is C33H38N4O3. The van der Waals surface area contributed by atoms with Gasteiger partial charge in [0.1, 0.15) is 5.69 Å². The minimum atomic E-state index is -0.384. The molecule has 4 rings (SSSR count). The molecule has 0 fully saturated rings. The maximum absolute atomic E-state index is 12.4. The van der Waals surface area contributed by atoms with E-state index in [0.29, 0.717) is 11.3 Å². The van der Waals surface area contributed by atoms with Crippen LogP contribution < -0.4 is 0 Å². The molecular weight excluding hydrogens is 500 g/mol. The number of carbonyl (C=O) groups is 2. The zero-order valence-electron chi connectivity index (χ0n) is 24.9. The van der Waals surface area contributed by atoms with Crippen molar-refractivity contribution in [2.24, 2.45) is 0 Å². The van der Waals surface area contributed by atoms with E-state index in [4.69, 9.17) is 9.84 Å². The van der Waals surface area contributed by atoms with E-state index in [9.17, 15) is 9.59 Å². The Kier molecular flexibility index (Phi) is 7.70. The number of ether oxygens (including phenoxy) is 1. The molecule has 208 valence electrons. The van der Waals surface area contributed by atoms with Gasteiger partial charge in [0.05, 0.1) is 35.9 Å². The SMILES string of the molecule is COC(=O)c1ccc(-c2cc(-c3cc(C(C)(C)C)cc(C(C)(C)C)c3)n(-c3ccc(C(=O)N(C)C)nc3)n2)cc1. The Bertz CT molecular complexity index is 1500. The monoisotopic (exact) mass is 538 g/mol. The molecule has 0 aliphatic heterocycles. The van der Waals surface area contributed by atoms with Crippen molar-refractivity contribution in [2.75, 3.05) is 21.2 Å². The van der Waals surface area contributed by atoms with Crippen LogP contribution in [0.15, 0.2) is 66.9 Å². The van der Waals surface area contributed by atoms with Gasteiger partial charge < -0.3 is 9.64 Å². The van der Waals surface area contributed by atoms with Crippen LogP contribution in [0.2, 0.25) is 0 Å². The highest BCUT2D eigenvalue weighted by Crippen LogP contribution is 2.36. The number of methoxy groups -OCH3 is 1. The molecule has 1 amide bonds. The molecule has 40 heavy (non-hydrogen) atoms. The first-order valence-corrected chi connectivity index (χ1v) is 13.3. The van der Waals surface area contributed by atoms with Crippen LogP contribution in [-0.2, 0) is 15.6 Å². The van der Waals surface area contributed by atoms with Gasteiger partial charge in [0, 0.05) is 25.2 Å². The summed E-state index contributed by atoms with van der Waals surface area (Å²) >= 11 is 0. The van der Waals surface area contributed by atoms with Crippen molar-refractivity contribution in [3.63, 3.8) is 0 Å². The van der Waals surface area contributed by atoms with Gasteiger partial charge in [-0.2, -0.15) is 5.10 Å². The third-order valence-electron chi connectivity index (χ3n) is 6.89. The summed E-state index contributed by atoms with van der Waals surface area (Å²) in [5.74, 6) is -0.545. The van der Waals surface area contributed by atoms with Gasteiger partial charge in [-0.1, -0.05) is 59.7 Å². The second-order valence-electron chi connectivity index (χ2n) is 12.3. The summed E-state index contributed by atoms with van der Waals surface area (Å²) in [7, 11) is 4.78. The third-order valence-corrected chi connectivity index (χ3v) is 6.89. The summed E-state index contributed by atoms with van der Waals surface area (Å²) in [5, 5.41) is 4.98. The fourth-order valence-electron chi connectivity index (χ4n) is 4.33. The fourth-order valence-corrected chi connectivity index (χ4v) is 4.33. The van der Waals surface area contributed by atoms with Crippen LogP contribution >= 0.6 is 0 Å². The maximum atomic E-state index is 12.4. The predicted octanol–water partition coefficient (Wildman–Crippen LogP) is 6.68. The average Bonchev–Trinajstić information content (AvgIpc) is 3.36. The normalized spacial score (nSPS) is 11.8. The number of hydrogen-bond acceptors (Lipinski definition) is 5. The first-order chi connectivity index (χ1) is 18.7. The lowest BCUT2D eigenvalue weighted by molar-refractivity contribution is 0.0600. The van der Waals surface area contributed by atoms with E-state index < -0.39 is 0 Å². The molecule has 0 N–H and O–H groups in total. The summed E-state index contributed by atoms with van der Waals surface area (Å²) in [6, 6.07) is 19.6. The molecule has 2 aromatic heterocycles. The lowest BCUT2D eigenvalue weighted by atomic mass is 9.79. The minimum Gasteiger partial charge on any atom is -0.465 e. The van der Waals surface area contributed by atoms with E-state index in [1.807, 2.05) is 22.9 Å². The third kappa shape index (κ3) is 5.98.